The molecular formula is C13H12F2N4O. The van der Waals surface area contributed by atoms with E-state index in [2.05, 4.69) is 9.97 Å². The van der Waals surface area contributed by atoms with Gasteiger partial charge in [0.15, 0.2) is 11.6 Å². The molecule has 0 bridgehead atoms. The molecule has 7 heteroatoms. The molecule has 2 heterocycles. The first-order chi connectivity index (χ1) is 9.49. The van der Waals surface area contributed by atoms with Crippen LogP contribution in [0.2, 0.25) is 0 Å². The maximum Gasteiger partial charge on any atom is 0.217 e. The van der Waals surface area contributed by atoms with E-state index in [4.69, 9.17) is 10.2 Å². The van der Waals surface area contributed by atoms with Crippen LogP contribution in [0.15, 0.2) is 22.7 Å². The number of nitrogens with zero attached hydrogens (tertiary/aromatic N) is 3. The summed E-state index contributed by atoms with van der Waals surface area (Å²) in [5, 5.41) is 0. The Hall–Kier alpha value is -2.44. The number of hydrogen-bond donors (Lipinski definition) is 1. The van der Waals surface area contributed by atoms with E-state index in [0.717, 1.165) is 6.07 Å². The maximum absolute atomic E-state index is 14.0. The molecule has 5 nitrogen and oxygen atoms in total. The lowest BCUT2D eigenvalue weighted by Gasteiger charge is -2.12. The Morgan fingerprint density at radius 2 is 2.10 bits per heavy atom. The highest BCUT2D eigenvalue weighted by molar-refractivity contribution is 5.79. The summed E-state index contributed by atoms with van der Waals surface area (Å²) < 4.78 is 34.2. The summed E-state index contributed by atoms with van der Waals surface area (Å²) in [4.78, 5) is 8.12. The van der Waals surface area contributed by atoms with E-state index in [0.29, 0.717) is 11.7 Å². The van der Waals surface area contributed by atoms with Crippen molar-refractivity contribution in [3.8, 4) is 0 Å². The Morgan fingerprint density at radius 1 is 1.35 bits per heavy atom. The number of oxazole rings is 1. The molecule has 1 aromatic carbocycles. The summed E-state index contributed by atoms with van der Waals surface area (Å²) in [6.45, 7) is 3.48. The number of halogens is 2. The van der Waals surface area contributed by atoms with Crippen LogP contribution in [0, 0.1) is 18.6 Å². The van der Waals surface area contributed by atoms with Gasteiger partial charge < -0.3 is 10.2 Å². The zero-order valence-electron chi connectivity index (χ0n) is 10.9. The predicted molar refractivity (Wildman–Crippen MR) is 69.1 cm³/mol. The van der Waals surface area contributed by atoms with Crippen LogP contribution in [-0.4, -0.2) is 14.5 Å². The summed E-state index contributed by atoms with van der Waals surface area (Å²) in [6, 6.07) is 1.91. The van der Waals surface area contributed by atoms with E-state index < -0.39 is 17.7 Å². The lowest BCUT2D eigenvalue weighted by molar-refractivity contribution is 0.418. The van der Waals surface area contributed by atoms with Gasteiger partial charge in [-0.15, -0.1) is 0 Å². The molecule has 0 spiro atoms. The van der Waals surface area contributed by atoms with Crippen molar-refractivity contribution < 1.29 is 13.2 Å². The highest BCUT2D eigenvalue weighted by atomic mass is 19.2. The highest BCUT2D eigenvalue weighted by Crippen LogP contribution is 2.29. The number of aryl methyl sites for hydroxylation is 1. The van der Waals surface area contributed by atoms with Crippen molar-refractivity contribution in [1.82, 2.24) is 14.5 Å². The number of nitrogens with two attached hydrogens (primary N) is 1. The fraction of sp³-hybridized carbons (Fsp3) is 0.231. The molecule has 2 aromatic heterocycles. The average molecular weight is 278 g/mol. The lowest BCUT2D eigenvalue weighted by Crippen LogP contribution is -2.11. The number of aromatic nitrogens is 3. The van der Waals surface area contributed by atoms with Gasteiger partial charge in [0.2, 0.25) is 11.8 Å². The summed E-state index contributed by atoms with van der Waals surface area (Å²) in [7, 11) is 0. The van der Waals surface area contributed by atoms with Crippen molar-refractivity contribution in [2.45, 2.75) is 19.9 Å². The molecule has 0 aliphatic rings. The molecule has 0 radical (unpaired) electrons. The maximum atomic E-state index is 14.0. The SMILES string of the molecule is Cc1cnc(C(C)n2c(N)nc3ccc(F)c(F)c32)o1. The number of nitrogen functional groups attached to an aromatic ring is 1. The predicted octanol–water partition coefficient (Wildman–Crippen LogP) is 2.80. The second-order valence-corrected chi connectivity index (χ2v) is 4.55. The molecule has 0 aliphatic carbocycles. The minimum absolute atomic E-state index is 0.00542. The van der Waals surface area contributed by atoms with Crippen molar-refractivity contribution in [2.24, 2.45) is 0 Å². The van der Waals surface area contributed by atoms with E-state index in [9.17, 15) is 8.78 Å². The topological polar surface area (TPSA) is 69.9 Å². The van der Waals surface area contributed by atoms with Gasteiger partial charge in [0.1, 0.15) is 17.3 Å². The Labute approximate surface area is 113 Å². The second kappa shape index (κ2) is 4.29. The van der Waals surface area contributed by atoms with Crippen LogP contribution in [0.4, 0.5) is 14.7 Å². The lowest BCUT2D eigenvalue weighted by atomic mass is 10.2. The third-order valence-electron chi connectivity index (χ3n) is 3.15. The first-order valence-corrected chi connectivity index (χ1v) is 6.02. The molecule has 20 heavy (non-hydrogen) atoms. The highest BCUT2D eigenvalue weighted by Gasteiger charge is 2.23. The van der Waals surface area contributed by atoms with Crippen LogP contribution in [0.3, 0.4) is 0 Å². The molecular weight excluding hydrogens is 266 g/mol. The van der Waals surface area contributed by atoms with E-state index >= 15 is 0 Å². The fourth-order valence-electron chi connectivity index (χ4n) is 2.21. The van der Waals surface area contributed by atoms with Crippen molar-refractivity contribution in [3.63, 3.8) is 0 Å². The molecule has 0 fully saturated rings. The summed E-state index contributed by atoms with van der Waals surface area (Å²) in [6.07, 6.45) is 1.55. The molecule has 0 saturated heterocycles. The van der Waals surface area contributed by atoms with Crippen LogP contribution in [-0.2, 0) is 0 Å². The normalized spacial score (nSPS) is 13.0. The van der Waals surface area contributed by atoms with Crippen molar-refractivity contribution in [2.75, 3.05) is 5.73 Å². The van der Waals surface area contributed by atoms with Crippen LogP contribution in [0.25, 0.3) is 11.0 Å². The van der Waals surface area contributed by atoms with Crippen molar-refractivity contribution >= 4 is 17.0 Å². The monoisotopic (exact) mass is 278 g/mol. The van der Waals surface area contributed by atoms with E-state index in [-0.39, 0.29) is 17.0 Å². The minimum atomic E-state index is -0.984. The summed E-state index contributed by atoms with van der Waals surface area (Å²) in [5.74, 6) is -0.872. The standard InChI is InChI=1S/C13H12F2N4O/c1-6-5-17-12(20-6)7(2)19-11-9(18-13(19)16)4-3-8(14)10(11)15/h3-5,7H,1-2H3,(H2,16,18). The van der Waals surface area contributed by atoms with E-state index in [1.54, 1.807) is 20.0 Å². The van der Waals surface area contributed by atoms with Crippen LogP contribution >= 0.6 is 0 Å². The van der Waals surface area contributed by atoms with Gasteiger partial charge in [-0.1, -0.05) is 0 Å². The van der Waals surface area contributed by atoms with Gasteiger partial charge in [-0.05, 0) is 26.0 Å². The Balaban J connectivity index is 2.25. The van der Waals surface area contributed by atoms with Gasteiger partial charge in [0.05, 0.1) is 11.7 Å². The van der Waals surface area contributed by atoms with E-state index in [1.165, 1.54) is 10.6 Å². The van der Waals surface area contributed by atoms with Gasteiger partial charge in [-0.25, -0.2) is 18.7 Å². The van der Waals surface area contributed by atoms with Crippen LogP contribution < -0.4 is 5.73 Å². The molecule has 0 amide bonds. The van der Waals surface area contributed by atoms with Gasteiger partial charge in [-0.3, -0.25) is 4.57 Å². The van der Waals surface area contributed by atoms with Crippen molar-refractivity contribution in [1.29, 1.82) is 0 Å². The Bertz CT molecular complexity index is 793. The fourth-order valence-corrected chi connectivity index (χ4v) is 2.21. The molecule has 3 aromatic rings. The molecule has 1 unspecified atom stereocenters. The van der Waals surface area contributed by atoms with E-state index in [1.807, 2.05) is 0 Å². The second-order valence-electron chi connectivity index (χ2n) is 4.55. The zero-order valence-corrected chi connectivity index (χ0v) is 10.9. The quantitative estimate of drug-likeness (QED) is 0.782. The van der Waals surface area contributed by atoms with Gasteiger partial charge >= 0.3 is 0 Å². The van der Waals surface area contributed by atoms with Crippen LogP contribution in [0.1, 0.15) is 24.6 Å². The van der Waals surface area contributed by atoms with Gasteiger partial charge in [-0.2, -0.15) is 0 Å². The minimum Gasteiger partial charge on any atom is -0.444 e. The van der Waals surface area contributed by atoms with Gasteiger partial charge in [0, 0.05) is 0 Å². The molecule has 2 N–H and O–H groups in total. The number of benzene rings is 1. The van der Waals surface area contributed by atoms with Gasteiger partial charge in [0.25, 0.3) is 0 Å². The number of imidazole rings is 1. The number of anilines is 1. The third kappa shape index (κ3) is 1.74. The third-order valence-corrected chi connectivity index (χ3v) is 3.15. The summed E-state index contributed by atoms with van der Waals surface area (Å²) in [5.41, 5.74) is 6.10. The summed E-state index contributed by atoms with van der Waals surface area (Å²) >= 11 is 0. The number of hydrogen-bond acceptors (Lipinski definition) is 4. The zero-order chi connectivity index (χ0) is 14.4. The Kier molecular flexibility index (Phi) is 2.70. The molecule has 1 atom stereocenters. The number of fused-ring (bicyclic) bond motifs is 1. The number of rotatable bonds is 2. The average Bonchev–Trinajstić information content (AvgIpc) is 2.97. The smallest absolute Gasteiger partial charge is 0.217 e. The first-order valence-electron chi connectivity index (χ1n) is 6.02. The Morgan fingerprint density at radius 3 is 2.75 bits per heavy atom. The molecule has 104 valence electrons. The molecule has 0 saturated carbocycles. The van der Waals surface area contributed by atoms with Crippen LogP contribution in [0.5, 0.6) is 0 Å². The molecule has 0 aliphatic heterocycles. The first kappa shape index (κ1) is 12.6. The molecule has 3 rings (SSSR count). The largest absolute Gasteiger partial charge is 0.444 e. The van der Waals surface area contributed by atoms with Crippen molar-refractivity contribution in [3.05, 3.63) is 41.6 Å².